The van der Waals surface area contributed by atoms with Crippen molar-refractivity contribution in [1.82, 2.24) is 5.32 Å². The van der Waals surface area contributed by atoms with Gasteiger partial charge in [0.25, 0.3) is 0 Å². The molecule has 1 saturated heterocycles. The van der Waals surface area contributed by atoms with E-state index in [1.165, 1.54) is 24.8 Å². The highest BCUT2D eigenvalue weighted by atomic mass is 16.1. The van der Waals surface area contributed by atoms with Crippen molar-refractivity contribution in [3.05, 3.63) is 35.4 Å². The molecule has 1 atom stereocenters. The van der Waals surface area contributed by atoms with Crippen LogP contribution in [-0.4, -0.2) is 18.4 Å². The molecular formula is C18H27NO. The van der Waals surface area contributed by atoms with Gasteiger partial charge in [-0.3, -0.25) is 4.79 Å². The summed E-state index contributed by atoms with van der Waals surface area (Å²) in [6.45, 7) is 7.69. The Balaban J connectivity index is 1.89. The normalized spacial score (nSPS) is 19.9. The molecule has 110 valence electrons. The summed E-state index contributed by atoms with van der Waals surface area (Å²) in [7, 11) is 0. The average molecular weight is 273 g/mol. The first-order chi connectivity index (χ1) is 9.47. The lowest BCUT2D eigenvalue weighted by Gasteiger charge is -2.23. The second-order valence-corrected chi connectivity index (χ2v) is 6.94. The van der Waals surface area contributed by atoms with Gasteiger partial charge in [0.05, 0.1) is 0 Å². The first-order valence-corrected chi connectivity index (χ1v) is 7.84. The zero-order valence-electron chi connectivity index (χ0n) is 13.0. The number of hydrogen-bond acceptors (Lipinski definition) is 2. The van der Waals surface area contributed by atoms with Crippen molar-refractivity contribution in [2.45, 2.75) is 64.3 Å². The molecule has 0 aromatic heterocycles. The number of nitrogens with one attached hydrogen (secondary N) is 1. The van der Waals surface area contributed by atoms with Crippen molar-refractivity contribution in [2.75, 3.05) is 6.54 Å². The van der Waals surface area contributed by atoms with Gasteiger partial charge in [-0.2, -0.15) is 0 Å². The number of benzene rings is 1. The summed E-state index contributed by atoms with van der Waals surface area (Å²) < 4.78 is 0. The molecule has 1 N–H and O–H groups in total. The predicted molar refractivity (Wildman–Crippen MR) is 84.3 cm³/mol. The Labute approximate surface area is 123 Å². The fourth-order valence-corrected chi connectivity index (χ4v) is 2.78. The Morgan fingerprint density at radius 2 is 1.90 bits per heavy atom. The molecule has 0 aliphatic carbocycles. The molecule has 1 aromatic carbocycles. The monoisotopic (exact) mass is 273 g/mol. The van der Waals surface area contributed by atoms with Gasteiger partial charge in [-0.25, -0.2) is 0 Å². The Morgan fingerprint density at radius 1 is 1.20 bits per heavy atom. The van der Waals surface area contributed by atoms with Gasteiger partial charge in [-0.15, -0.1) is 0 Å². The first kappa shape index (κ1) is 15.2. The number of rotatable bonds is 4. The third-order valence-electron chi connectivity index (χ3n) is 4.21. The van der Waals surface area contributed by atoms with Crippen molar-refractivity contribution in [3.8, 4) is 0 Å². The fraction of sp³-hybridized carbons (Fsp3) is 0.611. The highest BCUT2D eigenvalue weighted by Crippen LogP contribution is 2.23. The standard InChI is InChI=1S/C18H27NO/c1-18(2,3)15-9-7-14(8-10-15)17(20)12-11-16-6-4-5-13-19-16/h7-10,16,19H,4-6,11-13H2,1-3H3. The highest BCUT2D eigenvalue weighted by Gasteiger charge is 2.16. The van der Waals surface area contributed by atoms with Crippen molar-refractivity contribution < 1.29 is 4.79 Å². The number of carbonyl (C=O) groups excluding carboxylic acids is 1. The first-order valence-electron chi connectivity index (χ1n) is 7.84. The molecule has 1 aromatic rings. The zero-order chi connectivity index (χ0) is 14.6. The van der Waals surface area contributed by atoms with Crippen LogP contribution in [0.4, 0.5) is 0 Å². The summed E-state index contributed by atoms with van der Waals surface area (Å²) in [5.41, 5.74) is 2.28. The molecule has 0 bridgehead atoms. The number of hydrogen-bond donors (Lipinski definition) is 1. The van der Waals surface area contributed by atoms with E-state index in [-0.39, 0.29) is 11.2 Å². The van der Waals surface area contributed by atoms with Crippen LogP contribution in [0.2, 0.25) is 0 Å². The predicted octanol–water partition coefficient (Wildman–Crippen LogP) is 4.09. The van der Waals surface area contributed by atoms with E-state index in [4.69, 9.17) is 0 Å². The molecule has 1 aliphatic heterocycles. The lowest BCUT2D eigenvalue weighted by Crippen LogP contribution is -2.34. The molecule has 2 nitrogen and oxygen atoms in total. The second-order valence-electron chi connectivity index (χ2n) is 6.94. The molecule has 1 unspecified atom stereocenters. The van der Waals surface area contributed by atoms with Crippen LogP contribution in [-0.2, 0) is 5.41 Å². The van der Waals surface area contributed by atoms with Crippen molar-refractivity contribution in [2.24, 2.45) is 0 Å². The summed E-state index contributed by atoms with van der Waals surface area (Å²) in [5.74, 6) is 0.276. The van der Waals surface area contributed by atoms with Crippen molar-refractivity contribution in [3.63, 3.8) is 0 Å². The summed E-state index contributed by atoms with van der Waals surface area (Å²) in [6.07, 6.45) is 5.42. The zero-order valence-corrected chi connectivity index (χ0v) is 13.0. The van der Waals surface area contributed by atoms with Crippen LogP contribution in [0.3, 0.4) is 0 Å². The van der Waals surface area contributed by atoms with Crippen molar-refractivity contribution >= 4 is 5.78 Å². The van der Waals surface area contributed by atoms with Crippen LogP contribution in [0.25, 0.3) is 0 Å². The maximum Gasteiger partial charge on any atom is 0.162 e. The van der Waals surface area contributed by atoms with E-state index in [1.807, 2.05) is 12.1 Å². The number of carbonyl (C=O) groups is 1. The summed E-state index contributed by atoms with van der Waals surface area (Å²) in [4.78, 5) is 12.2. The van der Waals surface area contributed by atoms with Gasteiger partial charge in [-0.05, 0) is 36.8 Å². The maximum absolute atomic E-state index is 12.2. The van der Waals surface area contributed by atoms with E-state index in [2.05, 4.69) is 38.2 Å². The third-order valence-corrected chi connectivity index (χ3v) is 4.21. The summed E-state index contributed by atoms with van der Waals surface area (Å²) in [6, 6.07) is 8.69. The minimum atomic E-state index is 0.146. The van der Waals surface area contributed by atoms with Crippen LogP contribution < -0.4 is 5.32 Å². The maximum atomic E-state index is 12.2. The van der Waals surface area contributed by atoms with Gasteiger partial charge >= 0.3 is 0 Å². The molecule has 1 fully saturated rings. The molecule has 2 rings (SSSR count). The lowest BCUT2D eigenvalue weighted by molar-refractivity contribution is 0.0974. The van der Waals surface area contributed by atoms with Crippen LogP contribution >= 0.6 is 0 Å². The quantitative estimate of drug-likeness (QED) is 0.837. The topological polar surface area (TPSA) is 29.1 Å². The largest absolute Gasteiger partial charge is 0.314 e. The number of ketones is 1. The average Bonchev–Trinajstić information content (AvgIpc) is 2.45. The minimum Gasteiger partial charge on any atom is -0.314 e. The van der Waals surface area contributed by atoms with E-state index in [9.17, 15) is 4.79 Å². The van der Waals surface area contributed by atoms with Crippen LogP contribution in [0.1, 0.15) is 68.8 Å². The smallest absolute Gasteiger partial charge is 0.162 e. The Hall–Kier alpha value is -1.15. The van der Waals surface area contributed by atoms with Crippen LogP contribution in [0, 0.1) is 0 Å². The van der Waals surface area contributed by atoms with Crippen LogP contribution in [0.5, 0.6) is 0 Å². The Bertz CT molecular complexity index is 435. The van der Waals surface area contributed by atoms with Gasteiger partial charge < -0.3 is 5.32 Å². The van der Waals surface area contributed by atoms with E-state index in [0.29, 0.717) is 12.5 Å². The lowest BCUT2D eigenvalue weighted by atomic mass is 9.86. The highest BCUT2D eigenvalue weighted by molar-refractivity contribution is 5.96. The van der Waals surface area contributed by atoms with E-state index >= 15 is 0 Å². The number of piperidine rings is 1. The molecule has 0 radical (unpaired) electrons. The van der Waals surface area contributed by atoms with E-state index < -0.39 is 0 Å². The van der Waals surface area contributed by atoms with E-state index in [1.54, 1.807) is 0 Å². The second kappa shape index (κ2) is 6.53. The molecule has 0 saturated carbocycles. The molecule has 2 heteroatoms. The Kier molecular flexibility index (Phi) is 4.98. The Morgan fingerprint density at radius 3 is 2.45 bits per heavy atom. The van der Waals surface area contributed by atoms with Gasteiger partial charge in [0.1, 0.15) is 0 Å². The molecule has 0 spiro atoms. The molecule has 0 amide bonds. The summed E-state index contributed by atoms with van der Waals surface area (Å²) in [5, 5.41) is 3.50. The minimum absolute atomic E-state index is 0.146. The number of Topliss-reactive ketones (excluding diaryl/α,β-unsaturated/α-hetero) is 1. The van der Waals surface area contributed by atoms with Gasteiger partial charge in [0.2, 0.25) is 0 Å². The van der Waals surface area contributed by atoms with Gasteiger partial charge in [-0.1, -0.05) is 51.5 Å². The third kappa shape index (κ3) is 4.17. The van der Waals surface area contributed by atoms with Crippen molar-refractivity contribution in [1.29, 1.82) is 0 Å². The van der Waals surface area contributed by atoms with Gasteiger partial charge in [0, 0.05) is 18.0 Å². The molecular weight excluding hydrogens is 246 g/mol. The molecule has 1 aliphatic rings. The SMILES string of the molecule is CC(C)(C)c1ccc(C(=O)CCC2CCCCN2)cc1. The van der Waals surface area contributed by atoms with Gasteiger partial charge in [0.15, 0.2) is 5.78 Å². The summed E-state index contributed by atoms with van der Waals surface area (Å²) >= 11 is 0. The van der Waals surface area contributed by atoms with E-state index in [0.717, 1.165) is 18.5 Å². The molecule has 20 heavy (non-hydrogen) atoms. The fourth-order valence-electron chi connectivity index (χ4n) is 2.78. The van der Waals surface area contributed by atoms with Crippen LogP contribution in [0.15, 0.2) is 24.3 Å². The molecule has 1 heterocycles.